The van der Waals surface area contributed by atoms with Gasteiger partial charge in [0.15, 0.2) is 0 Å². The SMILES string of the molecule is CC[P+](C)(CC)Cc1ccc(C(C)C)cc1. The van der Waals surface area contributed by atoms with Crippen LogP contribution in [0, 0.1) is 0 Å². The van der Waals surface area contributed by atoms with Gasteiger partial charge in [-0.25, -0.2) is 0 Å². The van der Waals surface area contributed by atoms with E-state index in [2.05, 4.69) is 58.6 Å². The second-order valence-electron chi connectivity index (χ2n) is 5.31. The average Bonchev–Trinajstić information content (AvgIpc) is 2.29. The van der Waals surface area contributed by atoms with Gasteiger partial charge in [-0.1, -0.05) is 38.1 Å². The largest absolute Gasteiger partial charge is 0.0840 e. The molecule has 0 N–H and O–H groups in total. The fourth-order valence-electron chi connectivity index (χ4n) is 1.90. The van der Waals surface area contributed by atoms with Crippen molar-refractivity contribution in [3.05, 3.63) is 35.4 Å². The van der Waals surface area contributed by atoms with Crippen molar-refractivity contribution >= 4 is 7.26 Å². The van der Waals surface area contributed by atoms with Crippen molar-refractivity contribution in [2.45, 2.75) is 39.8 Å². The third kappa shape index (κ3) is 3.59. The van der Waals surface area contributed by atoms with Crippen LogP contribution in [0.4, 0.5) is 0 Å². The van der Waals surface area contributed by atoms with Crippen molar-refractivity contribution < 1.29 is 0 Å². The van der Waals surface area contributed by atoms with E-state index in [-0.39, 0.29) is 0 Å². The molecule has 0 aliphatic carbocycles. The van der Waals surface area contributed by atoms with E-state index in [1.54, 1.807) is 0 Å². The monoisotopic (exact) mass is 237 g/mol. The van der Waals surface area contributed by atoms with E-state index in [9.17, 15) is 0 Å². The van der Waals surface area contributed by atoms with Crippen molar-refractivity contribution in [1.29, 1.82) is 0 Å². The second kappa shape index (κ2) is 5.82. The van der Waals surface area contributed by atoms with Gasteiger partial charge in [0.25, 0.3) is 0 Å². The number of benzene rings is 1. The van der Waals surface area contributed by atoms with Crippen LogP contribution in [0.5, 0.6) is 0 Å². The molecule has 0 unspecified atom stereocenters. The summed E-state index contributed by atoms with van der Waals surface area (Å²) in [7, 11) is -0.692. The highest BCUT2D eigenvalue weighted by Gasteiger charge is 2.26. The van der Waals surface area contributed by atoms with Gasteiger partial charge in [-0.05, 0) is 30.9 Å². The molecule has 0 radical (unpaired) electrons. The van der Waals surface area contributed by atoms with E-state index in [0.29, 0.717) is 5.92 Å². The fourth-order valence-corrected chi connectivity index (χ4v) is 3.88. The zero-order chi connectivity index (χ0) is 12.2. The highest BCUT2D eigenvalue weighted by Crippen LogP contribution is 2.57. The standard InChI is InChI=1S/C15H26P/c1-6-16(5,7-2)12-14-8-10-15(11-9-14)13(3)4/h8-11,13H,6-7,12H2,1-5H3/q+1. The minimum Gasteiger partial charge on any atom is -0.0587 e. The van der Waals surface area contributed by atoms with Crippen LogP contribution >= 0.6 is 7.26 Å². The van der Waals surface area contributed by atoms with E-state index in [4.69, 9.17) is 0 Å². The smallest absolute Gasteiger partial charge is 0.0587 e. The van der Waals surface area contributed by atoms with Gasteiger partial charge < -0.3 is 0 Å². The van der Waals surface area contributed by atoms with Gasteiger partial charge in [-0.3, -0.25) is 0 Å². The maximum atomic E-state index is 2.50. The minimum absolute atomic E-state index is 0.646. The summed E-state index contributed by atoms with van der Waals surface area (Å²) in [5, 5.41) is 0. The Kier molecular flexibility index (Phi) is 4.99. The lowest BCUT2D eigenvalue weighted by molar-refractivity contribution is 0.866. The Hall–Kier alpha value is -0.350. The van der Waals surface area contributed by atoms with Crippen LogP contribution in [-0.4, -0.2) is 19.0 Å². The molecule has 1 rings (SSSR count). The summed E-state index contributed by atoms with van der Waals surface area (Å²) >= 11 is 0. The maximum Gasteiger partial charge on any atom is 0.0840 e. The van der Waals surface area contributed by atoms with E-state index >= 15 is 0 Å². The van der Waals surface area contributed by atoms with Crippen LogP contribution in [0.3, 0.4) is 0 Å². The Balaban J connectivity index is 2.75. The molecule has 0 nitrogen and oxygen atoms in total. The summed E-state index contributed by atoms with van der Waals surface area (Å²) in [5.74, 6) is 0.646. The molecule has 0 saturated carbocycles. The maximum absolute atomic E-state index is 2.50. The number of hydrogen-bond donors (Lipinski definition) is 0. The number of rotatable bonds is 5. The van der Waals surface area contributed by atoms with Gasteiger partial charge in [-0.2, -0.15) is 0 Å². The molecule has 1 aromatic carbocycles. The van der Waals surface area contributed by atoms with Crippen LogP contribution < -0.4 is 0 Å². The molecule has 0 amide bonds. The summed E-state index contributed by atoms with van der Waals surface area (Å²) in [6, 6.07) is 9.27. The van der Waals surface area contributed by atoms with Crippen LogP contribution in [0.25, 0.3) is 0 Å². The molecule has 0 saturated heterocycles. The van der Waals surface area contributed by atoms with Crippen molar-refractivity contribution in [2.24, 2.45) is 0 Å². The zero-order valence-electron chi connectivity index (χ0n) is 11.5. The molecule has 0 fully saturated rings. The zero-order valence-corrected chi connectivity index (χ0v) is 12.3. The molecule has 0 bridgehead atoms. The third-order valence-corrected chi connectivity index (χ3v) is 7.92. The topological polar surface area (TPSA) is 0 Å². The Morgan fingerprint density at radius 2 is 1.50 bits per heavy atom. The van der Waals surface area contributed by atoms with Crippen molar-refractivity contribution in [2.75, 3.05) is 19.0 Å². The van der Waals surface area contributed by atoms with E-state index < -0.39 is 7.26 Å². The normalized spacial score (nSPS) is 12.1. The molecule has 16 heavy (non-hydrogen) atoms. The first-order chi connectivity index (χ1) is 7.50. The Bertz CT molecular complexity index is 307. The Morgan fingerprint density at radius 1 is 1.00 bits per heavy atom. The average molecular weight is 237 g/mol. The van der Waals surface area contributed by atoms with E-state index in [0.717, 1.165) is 0 Å². The molecule has 0 aliphatic rings. The summed E-state index contributed by atoms with van der Waals surface area (Å²) in [6.45, 7) is 11.7. The lowest BCUT2D eigenvalue weighted by Gasteiger charge is -2.20. The molecule has 0 aliphatic heterocycles. The van der Waals surface area contributed by atoms with Crippen molar-refractivity contribution in [3.63, 3.8) is 0 Å². The Labute approximate surface area is 102 Å². The van der Waals surface area contributed by atoms with Crippen LogP contribution in [-0.2, 0) is 6.16 Å². The van der Waals surface area contributed by atoms with Gasteiger partial charge in [0.1, 0.15) is 0 Å². The van der Waals surface area contributed by atoms with Crippen LogP contribution in [0.1, 0.15) is 44.7 Å². The summed E-state index contributed by atoms with van der Waals surface area (Å²) in [4.78, 5) is 0. The first kappa shape index (κ1) is 13.7. The van der Waals surface area contributed by atoms with Gasteiger partial charge in [0.2, 0.25) is 0 Å². The minimum atomic E-state index is -0.692. The molecule has 1 aromatic rings. The van der Waals surface area contributed by atoms with Crippen molar-refractivity contribution in [3.8, 4) is 0 Å². The van der Waals surface area contributed by atoms with Gasteiger partial charge >= 0.3 is 0 Å². The summed E-state index contributed by atoms with van der Waals surface area (Å²) in [5.41, 5.74) is 2.99. The molecule has 0 aromatic heterocycles. The fraction of sp³-hybridized carbons (Fsp3) is 0.600. The van der Waals surface area contributed by atoms with Gasteiger partial charge in [0, 0.05) is 13.9 Å². The lowest BCUT2D eigenvalue weighted by Crippen LogP contribution is -2.01. The second-order valence-corrected chi connectivity index (χ2v) is 10.1. The molecular formula is C15H26P+. The van der Waals surface area contributed by atoms with E-state index in [1.165, 1.54) is 29.6 Å². The molecule has 0 spiro atoms. The van der Waals surface area contributed by atoms with Crippen LogP contribution in [0.2, 0.25) is 0 Å². The quantitative estimate of drug-likeness (QED) is 0.632. The summed E-state index contributed by atoms with van der Waals surface area (Å²) in [6.07, 6.45) is 4.06. The summed E-state index contributed by atoms with van der Waals surface area (Å²) < 4.78 is 0. The van der Waals surface area contributed by atoms with Crippen molar-refractivity contribution in [1.82, 2.24) is 0 Å². The van der Waals surface area contributed by atoms with E-state index in [1.807, 2.05) is 0 Å². The molecule has 90 valence electrons. The highest BCUT2D eigenvalue weighted by molar-refractivity contribution is 7.74. The third-order valence-electron chi connectivity index (χ3n) is 3.74. The Morgan fingerprint density at radius 3 is 1.88 bits per heavy atom. The first-order valence-electron chi connectivity index (χ1n) is 6.43. The molecular weight excluding hydrogens is 211 g/mol. The predicted octanol–water partition coefficient (Wildman–Crippen LogP) is 5.00. The predicted molar refractivity (Wildman–Crippen MR) is 78.2 cm³/mol. The van der Waals surface area contributed by atoms with Crippen LogP contribution in [0.15, 0.2) is 24.3 Å². The first-order valence-corrected chi connectivity index (χ1v) is 9.22. The number of hydrogen-bond acceptors (Lipinski definition) is 0. The molecule has 1 heteroatoms. The lowest BCUT2D eigenvalue weighted by atomic mass is 10.0. The molecule has 0 atom stereocenters. The van der Waals surface area contributed by atoms with Gasteiger partial charge in [-0.15, -0.1) is 0 Å². The van der Waals surface area contributed by atoms with Gasteiger partial charge in [0.05, 0.1) is 18.5 Å². The highest BCUT2D eigenvalue weighted by atomic mass is 31.2. The molecule has 0 heterocycles.